The Morgan fingerprint density at radius 3 is 1.03 bits per heavy atom. The number of carbonyl (C=O) groups is 2. The molecule has 101 heavy (non-hydrogen) atoms. The fourth-order valence-corrected chi connectivity index (χ4v) is 14.2. The van der Waals surface area contributed by atoms with Gasteiger partial charge in [-0.2, -0.15) is 0 Å². The van der Waals surface area contributed by atoms with Gasteiger partial charge in [0.25, 0.3) is 0 Å². The fourth-order valence-electron chi connectivity index (χ4n) is 14.2. The van der Waals surface area contributed by atoms with E-state index < -0.39 is 49.5 Å². The third-order valence-corrected chi connectivity index (χ3v) is 21.2. The normalized spacial score (nSPS) is 17.2. The number of nitrogens with one attached hydrogen (secondary N) is 1. The molecule has 1 aliphatic rings. The topological polar surface area (TPSA) is 175 Å². The van der Waals surface area contributed by atoms with Crippen molar-refractivity contribution in [3.05, 3.63) is 48.6 Å². The number of carbonyl (C=O) groups excluding carboxylic acids is 2. The van der Waals surface area contributed by atoms with E-state index >= 15 is 0 Å². The van der Waals surface area contributed by atoms with Gasteiger partial charge >= 0.3 is 5.97 Å². The minimum atomic E-state index is -1.57. The summed E-state index contributed by atoms with van der Waals surface area (Å²) < 4.78 is 16.8. The van der Waals surface area contributed by atoms with Crippen LogP contribution < -0.4 is 5.32 Å². The smallest absolute Gasteiger partial charge is 0.305 e. The van der Waals surface area contributed by atoms with Gasteiger partial charge in [-0.3, -0.25) is 9.59 Å². The van der Waals surface area contributed by atoms with E-state index in [1.165, 1.54) is 360 Å². The second-order valence-corrected chi connectivity index (χ2v) is 30.9. The van der Waals surface area contributed by atoms with E-state index in [-0.39, 0.29) is 18.5 Å². The first-order valence-corrected chi connectivity index (χ1v) is 44.4. The fraction of sp³-hybridized carbons (Fsp3) is 0.889. The van der Waals surface area contributed by atoms with Gasteiger partial charge in [-0.05, 0) is 89.9 Å². The van der Waals surface area contributed by atoms with Gasteiger partial charge in [0.1, 0.15) is 24.4 Å². The third kappa shape index (κ3) is 66.8. The van der Waals surface area contributed by atoms with Crippen molar-refractivity contribution in [2.75, 3.05) is 19.8 Å². The molecule has 0 aromatic heterocycles. The molecule has 1 aliphatic heterocycles. The summed E-state index contributed by atoms with van der Waals surface area (Å²) in [6.45, 7) is 4.39. The van der Waals surface area contributed by atoms with Crippen molar-refractivity contribution in [2.24, 2.45) is 0 Å². The predicted molar refractivity (Wildman–Crippen MR) is 430 cm³/mol. The van der Waals surface area contributed by atoms with Crippen molar-refractivity contribution in [2.45, 2.75) is 493 Å². The summed E-state index contributed by atoms with van der Waals surface area (Å²) in [7, 11) is 0. The van der Waals surface area contributed by atoms with Crippen LogP contribution in [0.2, 0.25) is 0 Å². The molecule has 11 heteroatoms. The molecule has 6 N–H and O–H groups in total. The molecular weight excluding hydrogens is 1250 g/mol. The SMILES string of the molecule is CCCCC/C=C\C/C=C\CCCCCCCCCCCC(=O)OCCCCCCCCCCCCCCCCCCCC/C=C\CCCCCCCCCCCCCCCCCCCC(=O)NC(COC1OC(CO)C(O)C(O)C1O)C(O)/C=C/CCCCCCCCCCCCCCC. The molecule has 0 saturated carbocycles. The van der Waals surface area contributed by atoms with E-state index in [9.17, 15) is 35.1 Å². The number of hydrogen-bond donors (Lipinski definition) is 6. The van der Waals surface area contributed by atoms with Crippen molar-refractivity contribution in [1.82, 2.24) is 5.32 Å². The van der Waals surface area contributed by atoms with Crippen LogP contribution in [0.25, 0.3) is 0 Å². The first kappa shape index (κ1) is 96.6. The maximum absolute atomic E-state index is 13.1. The van der Waals surface area contributed by atoms with Crippen LogP contribution in [0.4, 0.5) is 0 Å². The highest BCUT2D eigenvalue weighted by atomic mass is 16.7. The molecule has 0 aliphatic carbocycles. The predicted octanol–water partition coefficient (Wildman–Crippen LogP) is 25.0. The van der Waals surface area contributed by atoms with Crippen LogP contribution in [0.1, 0.15) is 450 Å². The zero-order chi connectivity index (χ0) is 72.9. The van der Waals surface area contributed by atoms with Gasteiger partial charge in [-0.1, -0.05) is 396 Å². The molecule has 0 spiro atoms. The van der Waals surface area contributed by atoms with Crippen LogP contribution in [0.3, 0.4) is 0 Å². The number of aliphatic hydroxyl groups excluding tert-OH is 5. The van der Waals surface area contributed by atoms with Gasteiger partial charge in [0.2, 0.25) is 5.91 Å². The maximum Gasteiger partial charge on any atom is 0.305 e. The number of unbranched alkanes of at least 4 members (excludes halogenated alkanes) is 60. The minimum Gasteiger partial charge on any atom is -0.466 e. The van der Waals surface area contributed by atoms with Gasteiger partial charge in [-0.25, -0.2) is 0 Å². The van der Waals surface area contributed by atoms with Crippen molar-refractivity contribution in [1.29, 1.82) is 0 Å². The molecule has 1 saturated heterocycles. The van der Waals surface area contributed by atoms with E-state index in [4.69, 9.17) is 14.2 Å². The molecule has 1 amide bonds. The van der Waals surface area contributed by atoms with Gasteiger partial charge < -0.3 is 45.1 Å². The molecule has 11 nitrogen and oxygen atoms in total. The zero-order valence-corrected chi connectivity index (χ0v) is 66.6. The molecule has 0 aromatic carbocycles. The lowest BCUT2D eigenvalue weighted by Crippen LogP contribution is -2.60. The Kier molecular flexibility index (Phi) is 75.3. The Morgan fingerprint density at radius 2 is 0.663 bits per heavy atom. The monoisotopic (exact) mass is 1420 g/mol. The van der Waals surface area contributed by atoms with Crippen LogP contribution >= 0.6 is 0 Å². The number of allylic oxidation sites excluding steroid dienone is 7. The Bertz CT molecular complexity index is 1820. The summed E-state index contributed by atoms with van der Waals surface area (Å²) in [5, 5.41) is 54.7. The summed E-state index contributed by atoms with van der Waals surface area (Å²) in [6, 6.07) is -0.808. The molecule has 1 fully saturated rings. The van der Waals surface area contributed by atoms with Crippen molar-refractivity contribution in [3.63, 3.8) is 0 Å². The van der Waals surface area contributed by atoms with Gasteiger partial charge in [0.05, 0.1) is 32.0 Å². The number of rotatable bonds is 80. The molecule has 7 unspecified atom stereocenters. The highest BCUT2D eigenvalue weighted by molar-refractivity contribution is 5.76. The Morgan fingerprint density at radius 1 is 0.366 bits per heavy atom. The summed E-state index contributed by atoms with van der Waals surface area (Å²) >= 11 is 0. The average Bonchev–Trinajstić information content (AvgIpc) is 0.823. The van der Waals surface area contributed by atoms with Crippen LogP contribution in [0.5, 0.6) is 0 Å². The highest BCUT2D eigenvalue weighted by Gasteiger charge is 2.44. The Labute approximate surface area is 625 Å². The van der Waals surface area contributed by atoms with Crippen LogP contribution in [-0.4, -0.2) is 100 Å². The molecule has 1 heterocycles. The van der Waals surface area contributed by atoms with Crippen molar-refractivity contribution >= 4 is 11.9 Å². The van der Waals surface area contributed by atoms with Crippen molar-refractivity contribution < 1.29 is 49.3 Å². The minimum absolute atomic E-state index is 0.0137. The average molecular weight is 1430 g/mol. The Hall–Kier alpha value is -2.38. The summed E-state index contributed by atoms with van der Waals surface area (Å²) in [6.07, 6.45) is 96.0. The lowest BCUT2D eigenvalue weighted by Gasteiger charge is -2.40. The molecule has 0 aromatic rings. The Balaban J connectivity index is 1.87. The highest BCUT2D eigenvalue weighted by Crippen LogP contribution is 2.24. The first-order chi connectivity index (χ1) is 49.7. The number of aliphatic hydroxyl groups is 5. The van der Waals surface area contributed by atoms with Gasteiger partial charge in [-0.15, -0.1) is 0 Å². The molecular formula is C90H169NO10. The molecule has 594 valence electrons. The van der Waals surface area contributed by atoms with E-state index in [0.29, 0.717) is 19.4 Å². The first-order valence-electron chi connectivity index (χ1n) is 44.4. The second-order valence-electron chi connectivity index (χ2n) is 30.9. The third-order valence-electron chi connectivity index (χ3n) is 21.2. The largest absolute Gasteiger partial charge is 0.466 e. The lowest BCUT2D eigenvalue weighted by atomic mass is 9.99. The van der Waals surface area contributed by atoms with Gasteiger partial charge in [0, 0.05) is 12.8 Å². The van der Waals surface area contributed by atoms with Crippen LogP contribution in [-0.2, 0) is 23.8 Å². The summed E-state index contributed by atoms with van der Waals surface area (Å²) in [4.78, 5) is 25.3. The summed E-state index contributed by atoms with van der Waals surface area (Å²) in [5.41, 5.74) is 0. The molecule has 0 radical (unpaired) electrons. The zero-order valence-electron chi connectivity index (χ0n) is 66.6. The van der Waals surface area contributed by atoms with Gasteiger partial charge in [0.15, 0.2) is 6.29 Å². The number of ether oxygens (including phenoxy) is 3. The second kappa shape index (κ2) is 78.7. The quantitative estimate of drug-likeness (QED) is 0.0195. The maximum atomic E-state index is 13.1. The van der Waals surface area contributed by atoms with Crippen LogP contribution in [0.15, 0.2) is 48.6 Å². The molecule has 0 bridgehead atoms. The summed E-state index contributed by atoms with van der Waals surface area (Å²) in [5.74, 6) is -0.160. The standard InChI is InChI=1S/C90H169NO10/c1-3-5-7-9-11-13-15-17-19-20-42-46-50-54-58-62-66-70-74-78-86(95)99-79-75-71-67-63-59-55-51-47-44-41-39-37-35-33-31-29-27-25-23-21-22-24-26-28-30-32-34-36-38-40-43-45-49-53-57-61-65-69-73-77-85(94)91-82(81-100-90-89(98)88(97)87(96)84(80-92)101-90)83(93)76-72-68-64-60-56-52-48-18-16-14-12-10-8-6-4-2/h11,13,17,19,21-22,72,76,82-84,87-90,92-93,96-98H,3-10,12,14-16,18,20,23-71,73-75,77-81H2,1-2H3,(H,91,94)/b13-11-,19-17-,22-21-,76-72+. The molecule has 1 rings (SSSR count). The van der Waals surface area contributed by atoms with E-state index in [1.807, 2.05) is 6.08 Å². The number of esters is 1. The lowest BCUT2D eigenvalue weighted by molar-refractivity contribution is -0.302. The van der Waals surface area contributed by atoms with E-state index in [1.54, 1.807) is 6.08 Å². The van der Waals surface area contributed by atoms with E-state index in [2.05, 4.69) is 55.6 Å². The number of hydrogen-bond acceptors (Lipinski definition) is 10. The van der Waals surface area contributed by atoms with Crippen molar-refractivity contribution in [3.8, 4) is 0 Å². The van der Waals surface area contributed by atoms with Crippen LogP contribution in [0, 0.1) is 0 Å². The molecule has 7 atom stereocenters. The van der Waals surface area contributed by atoms with E-state index in [0.717, 1.165) is 64.2 Å². The number of amides is 1.